The van der Waals surface area contributed by atoms with Crippen molar-refractivity contribution in [1.29, 1.82) is 0 Å². The Morgan fingerprint density at radius 3 is 2.09 bits per heavy atom. The van der Waals surface area contributed by atoms with E-state index in [0.717, 1.165) is 6.42 Å². The van der Waals surface area contributed by atoms with Crippen molar-refractivity contribution in [3.63, 3.8) is 0 Å². The van der Waals surface area contributed by atoms with Gasteiger partial charge in [0.05, 0.1) is 18.5 Å². The van der Waals surface area contributed by atoms with E-state index < -0.39 is 0 Å². The van der Waals surface area contributed by atoms with Crippen molar-refractivity contribution in [2.24, 2.45) is 0 Å². The molecule has 1 aliphatic rings. The van der Waals surface area contributed by atoms with Crippen LogP contribution in [-0.2, 0) is 14.3 Å². The van der Waals surface area contributed by atoms with Crippen LogP contribution in [0.5, 0.6) is 0 Å². The normalized spacial score (nSPS) is 20.1. The van der Waals surface area contributed by atoms with Gasteiger partial charge >= 0.3 is 5.97 Å². The van der Waals surface area contributed by atoms with Crippen LogP contribution >= 0.6 is 0 Å². The molecule has 1 saturated heterocycles. The summed E-state index contributed by atoms with van der Waals surface area (Å²) in [6.07, 6.45) is 21.3. The van der Waals surface area contributed by atoms with Gasteiger partial charge in [-0.1, -0.05) is 64.7 Å². The van der Waals surface area contributed by atoms with Crippen molar-refractivity contribution in [1.82, 2.24) is 0 Å². The lowest BCUT2D eigenvalue weighted by Crippen LogP contribution is -1.94. The molecule has 3 nitrogen and oxygen atoms in total. The van der Waals surface area contributed by atoms with Crippen LogP contribution in [0.15, 0.2) is 12.3 Å². The molecule has 0 amide bonds. The van der Waals surface area contributed by atoms with Gasteiger partial charge in [-0.25, -0.2) is 0 Å². The molecule has 0 radical (unpaired) electrons. The summed E-state index contributed by atoms with van der Waals surface area (Å²) >= 11 is 0. The highest BCUT2D eigenvalue weighted by molar-refractivity contribution is 5.66. The second-order valence-corrected chi connectivity index (χ2v) is 6.74. The summed E-state index contributed by atoms with van der Waals surface area (Å²) < 4.78 is 10.5. The number of carbonyl (C=O) groups is 1. The van der Waals surface area contributed by atoms with E-state index in [1.54, 1.807) is 0 Å². The molecule has 1 heterocycles. The monoisotopic (exact) mass is 324 g/mol. The maximum Gasteiger partial charge on any atom is 0.307 e. The Morgan fingerprint density at radius 1 is 0.913 bits per heavy atom. The first-order valence-electron chi connectivity index (χ1n) is 9.71. The van der Waals surface area contributed by atoms with Gasteiger partial charge in [-0.05, 0) is 31.8 Å². The first kappa shape index (κ1) is 20.2. The van der Waals surface area contributed by atoms with E-state index in [2.05, 4.69) is 6.92 Å². The van der Waals surface area contributed by atoms with Gasteiger partial charge in [0.25, 0.3) is 0 Å². The zero-order chi connectivity index (χ0) is 16.8. The average Bonchev–Trinajstić information content (AvgIpc) is 3.27. The fraction of sp³-hybridized carbons (Fsp3) is 0.850. The van der Waals surface area contributed by atoms with Crippen LogP contribution in [0.3, 0.4) is 0 Å². The molecule has 0 aliphatic carbocycles. The SMILES string of the molecule is CCCCCCCCC1OC1CCCCCCC=COC(C)=O. The van der Waals surface area contributed by atoms with E-state index in [4.69, 9.17) is 9.47 Å². The lowest BCUT2D eigenvalue weighted by atomic mass is 10.0. The number of epoxide rings is 1. The van der Waals surface area contributed by atoms with Gasteiger partial charge in [-0.2, -0.15) is 0 Å². The molecular formula is C20H36O3. The summed E-state index contributed by atoms with van der Waals surface area (Å²) in [5, 5.41) is 0. The number of esters is 1. The summed E-state index contributed by atoms with van der Waals surface area (Å²) in [7, 11) is 0. The van der Waals surface area contributed by atoms with Crippen molar-refractivity contribution < 1.29 is 14.3 Å². The van der Waals surface area contributed by atoms with E-state index in [1.807, 2.05) is 6.08 Å². The maximum absolute atomic E-state index is 10.6. The molecule has 2 atom stereocenters. The molecule has 23 heavy (non-hydrogen) atoms. The molecule has 0 aromatic rings. The molecule has 0 saturated carbocycles. The number of carbonyl (C=O) groups excluding carboxylic acids is 1. The fourth-order valence-electron chi connectivity index (χ4n) is 2.99. The molecule has 134 valence electrons. The number of allylic oxidation sites excluding steroid dienone is 1. The molecule has 0 bridgehead atoms. The number of hydrogen-bond donors (Lipinski definition) is 0. The van der Waals surface area contributed by atoms with Crippen LogP contribution in [0.25, 0.3) is 0 Å². The zero-order valence-electron chi connectivity index (χ0n) is 15.2. The molecule has 0 aromatic carbocycles. The van der Waals surface area contributed by atoms with Crippen molar-refractivity contribution in [2.45, 2.75) is 110 Å². The standard InChI is InChI=1S/C20H36O3/c1-3-4-5-6-9-12-15-19-20(23-19)16-13-10-7-8-11-14-17-22-18(2)21/h14,17,19-20H,3-13,15-16H2,1-2H3. The molecule has 2 unspecified atom stereocenters. The summed E-state index contributed by atoms with van der Waals surface area (Å²) in [4.78, 5) is 10.6. The van der Waals surface area contributed by atoms with Gasteiger partial charge < -0.3 is 9.47 Å². The van der Waals surface area contributed by atoms with Gasteiger partial charge in [0, 0.05) is 6.92 Å². The smallest absolute Gasteiger partial charge is 0.307 e. The summed E-state index contributed by atoms with van der Waals surface area (Å²) in [6.45, 7) is 3.69. The average molecular weight is 325 g/mol. The first-order valence-corrected chi connectivity index (χ1v) is 9.71. The number of rotatable bonds is 15. The molecule has 0 aromatic heterocycles. The Labute approximate surface area is 142 Å². The Balaban J connectivity index is 1.78. The van der Waals surface area contributed by atoms with E-state index in [-0.39, 0.29) is 5.97 Å². The van der Waals surface area contributed by atoms with E-state index in [9.17, 15) is 4.79 Å². The van der Waals surface area contributed by atoms with Crippen LogP contribution in [0.1, 0.15) is 97.3 Å². The number of hydrogen-bond acceptors (Lipinski definition) is 3. The van der Waals surface area contributed by atoms with E-state index >= 15 is 0 Å². The van der Waals surface area contributed by atoms with Gasteiger partial charge in [0.2, 0.25) is 0 Å². The van der Waals surface area contributed by atoms with Gasteiger partial charge in [-0.3, -0.25) is 4.79 Å². The Bertz CT molecular complexity index is 325. The molecule has 1 rings (SSSR count). The Hall–Kier alpha value is -0.830. The molecule has 1 aliphatic heterocycles. The third-order valence-corrected chi connectivity index (χ3v) is 4.47. The minimum Gasteiger partial charge on any atom is -0.435 e. The first-order chi connectivity index (χ1) is 11.2. The van der Waals surface area contributed by atoms with Crippen molar-refractivity contribution >= 4 is 5.97 Å². The molecular weight excluding hydrogens is 288 g/mol. The van der Waals surface area contributed by atoms with Crippen molar-refractivity contribution in [3.8, 4) is 0 Å². The van der Waals surface area contributed by atoms with Crippen LogP contribution in [0.2, 0.25) is 0 Å². The van der Waals surface area contributed by atoms with E-state index in [0.29, 0.717) is 12.2 Å². The highest BCUT2D eigenvalue weighted by Crippen LogP contribution is 2.31. The molecule has 3 heteroatoms. The van der Waals surface area contributed by atoms with Gasteiger partial charge in [0.15, 0.2) is 0 Å². The summed E-state index contributed by atoms with van der Waals surface area (Å²) in [6, 6.07) is 0. The van der Waals surface area contributed by atoms with Crippen LogP contribution in [0, 0.1) is 0 Å². The molecule has 1 fully saturated rings. The number of unbranched alkanes of at least 4 members (excludes halogenated alkanes) is 9. The quantitative estimate of drug-likeness (QED) is 0.162. The second kappa shape index (κ2) is 13.6. The van der Waals surface area contributed by atoms with Crippen molar-refractivity contribution in [2.75, 3.05) is 0 Å². The van der Waals surface area contributed by atoms with Crippen LogP contribution in [-0.4, -0.2) is 18.2 Å². The summed E-state index contributed by atoms with van der Waals surface area (Å²) in [5.74, 6) is -0.249. The summed E-state index contributed by atoms with van der Waals surface area (Å²) in [5.41, 5.74) is 0. The number of ether oxygens (including phenoxy) is 2. The van der Waals surface area contributed by atoms with E-state index in [1.165, 1.54) is 90.2 Å². The highest BCUT2D eigenvalue weighted by Gasteiger charge is 2.36. The minimum atomic E-state index is -0.249. The molecule has 0 N–H and O–H groups in total. The fourth-order valence-corrected chi connectivity index (χ4v) is 2.99. The zero-order valence-corrected chi connectivity index (χ0v) is 15.2. The maximum atomic E-state index is 10.6. The Kier molecular flexibility index (Phi) is 11.9. The largest absolute Gasteiger partial charge is 0.435 e. The lowest BCUT2D eigenvalue weighted by molar-refractivity contribution is -0.135. The third kappa shape index (κ3) is 12.3. The predicted molar refractivity (Wildman–Crippen MR) is 95.3 cm³/mol. The van der Waals surface area contributed by atoms with Crippen LogP contribution in [0.4, 0.5) is 0 Å². The van der Waals surface area contributed by atoms with Gasteiger partial charge in [0.1, 0.15) is 0 Å². The third-order valence-electron chi connectivity index (χ3n) is 4.47. The second-order valence-electron chi connectivity index (χ2n) is 6.74. The van der Waals surface area contributed by atoms with Crippen molar-refractivity contribution in [3.05, 3.63) is 12.3 Å². The van der Waals surface area contributed by atoms with Crippen LogP contribution < -0.4 is 0 Å². The topological polar surface area (TPSA) is 38.8 Å². The predicted octanol–water partition coefficient (Wildman–Crippen LogP) is 5.92. The lowest BCUT2D eigenvalue weighted by Gasteiger charge is -2.00. The Morgan fingerprint density at radius 2 is 1.48 bits per heavy atom. The highest BCUT2D eigenvalue weighted by atomic mass is 16.6. The van der Waals surface area contributed by atoms with Gasteiger partial charge in [-0.15, -0.1) is 0 Å². The molecule has 0 spiro atoms. The minimum absolute atomic E-state index is 0.249.